The van der Waals surface area contributed by atoms with Gasteiger partial charge in [-0.2, -0.15) is 0 Å². The van der Waals surface area contributed by atoms with E-state index >= 15 is 0 Å². The van der Waals surface area contributed by atoms with Gasteiger partial charge in [0, 0.05) is 17.5 Å². The van der Waals surface area contributed by atoms with Crippen LogP contribution in [0.15, 0.2) is 48.5 Å². The molecule has 1 saturated carbocycles. The first kappa shape index (κ1) is 18.1. The van der Waals surface area contributed by atoms with Crippen LogP contribution < -0.4 is 0 Å². The Hall–Kier alpha value is -3.66. The van der Waals surface area contributed by atoms with Crippen molar-refractivity contribution in [3.05, 3.63) is 75.3 Å². The van der Waals surface area contributed by atoms with E-state index in [0.717, 1.165) is 7.11 Å². The summed E-state index contributed by atoms with van der Waals surface area (Å²) in [5, 5.41) is 20.6. The number of benzene rings is 2. The Bertz CT molecular complexity index is 1000. The first-order valence-electron chi connectivity index (χ1n) is 8.08. The number of esters is 1. The van der Waals surface area contributed by atoms with Crippen LogP contribution in [0.1, 0.15) is 29.0 Å². The molecule has 2 aromatic carbocycles. The number of hydrogen-bond donors (Lipinski definition) is 1. The number of rotatable bonds is 4. The molecule has 0 saturated heterocycles. The normalized spacial score (nSPS) is 20.1. The van der Waals surface area contributed by atoms with Crippen LogP contribution in [-0.4, -0.2) is 29.1 Å². The van der Waals surface area contributed by atoms with E-state index in [9.17, 15) is 24.8 Å². The van der Waals surface area contributed by atoms with E-state index in [1.165, 1.54) is 6.07 Å². The van der Waals surface area contributed by atoms with Gasteiger partial charge in [0.25, 0.3) is 5.69 Å². The number of nitro benzene ring substituents is 1. The van der Waals surface area contributed by atoms with Crippen molar-refractivity contribution in [3.63, 3.8) is 0 Å². The third-order valence-corrected chi connectivity index (χ3v) is 4.66. The van der Waals surface area contributed by atoms with Crippen molar-refractivity contribution < 1.29 is 24.4 Å². The van der Waals surface area contributed by atoms with Gasteiger partial charge in [0.05, 0.1) is 12.0 Å². The maximum absolute atomic E-state index is 12.0. The van der Waals surface area contributed by atoms with Gasteiger partial charge in [0.15, 0.2) is 5.41 Å². The number of nitrogens with zero attached hydrogens (tertiary/aromatic N) is 1. The molecule has 1 aliphatic rings. The number of para-hydroxylation sites is 1. The van der Waals surface area contributed by atoms with Gasteiger partial charge in [-0.05, 0) is 24.1 Å². The largest absolute Gasteiger partial charge is 0.480 e. The van der Waals surface area contributed by atoms with Crippen LogP contribution >= 0.6 is 0 Å². The molecule has 0 bridgehead atoms. The molecule has 7 nitrogen and oxygen atoms in total. The fourth-order valence-electron chi connectivity index (χ4n) is 3.16. The minimum absolute atomic E-state index is 0.108. The van der Waals surface area contributed by atoms with E-state index in [2.05, 4.69) is 16.6 Å². The van der Waals surface area contributed by atoms with Crippen LogP contribution in [0.4, 0.5) is 5.69 Å². The fourth-order valence-corrected chi connectivity index (χ4v) is 3.16. The Morgan fingerprint density at radius 2 is 1.74 bits per heavy atom. The second-order valence-corrected chi connectivity index (χ2v) is 6.14. The molecule has 1 fully saturated rings. The summed E-state index contributed by atoms with van der Waals surface area (Å²) in [6.07, 6.45) is 0.124. The molecule has 0 radical (unpaired) electrons. The average molecular weight is 365 g/mol. The lowest BCUT2D eigenvalue weighted by atomic mass is 9.95. The highest BCUT2D eigenvalue weighted by atomic mass is 16.6. The van der Waals surface area contributed by atoms with Crippen molar-refractivity contribution in [2.75, 3.05) is 7.11 Å². The summed E-state index contributed by atoms with van der Waals surface area (Å²) < 4.78 is 4.67. The molecular formula is C20H15NO6. The van der Waals surface area contributed by atoms with Gasteiger partial charge < -0.3 is 9.84 Å². The van der Waals surface area contributed by atoms with Crippen molar-refractivity contribution in [2.45, 2.75) is 12.3 Å². The summed E-state index contributed by atoms with van der Waals surface area (Å²) >= 11 is 0. The van der Waals surface area contributed by atoms with Crippen LogP contribution in [0.2, 0.25) is 0 Å². The molecule has 0 unspecified atom stereocenters. The number of ether oxygens (including phenoxy) is 1. The van der Waals surface area contributed by atoms with E-state index in [4.69, 9.17) is 0 Å². The molecular weight excluding hydrogens is 350 g/mol. The molecule has 7 heteroatoms. The topological polar surface area (TPSA) is 107 Å². The van der Waals surface area contributed by atoms with Gasteiger partial charge in [-0.25, -0.2) is 0 Å². The molecule has 1 N–H and O–H groups in total. The number of carboxylic acid groups (broad SMARTS) is 1. The van der Waals surface area contributed by atoms with Gasteiger partial charge >= 0.3 is 11.9 Å². The van der Waals surface area contributed by atoms with Gasteiger partial charge in [-0.15, -0.1) is 0 Å². The molecule has 0 heterocycles. The quantitative estimate of drug-likeness (QED) is 0.293. The highest BCUT2D eigenvalue weighted by Gasteiger charge is 2.68. The predicted molar refractivity (Wildman–Crippen MR) is 95.0 cm³/mol. The van der Waals surface area contributed by atoms with E-state index in [1.807, 2.05) is 0 Å². The van der Waals surface area contributed by atoms with Crippen LogP contribution in [0, 0.1) is 27.4 Å². The third kappa shape index (κ3) is 3.13. The van der Waals surface area contributed by atoms with E-state index in [1.54, 1.807) is 42.5 Å². The van der Waals surface area contributed by atoms with Gasteiger partial charge in [-0.3, -0.25) is 19.7 Å². The Balaban J connectivity index is 2.00. The number of carboxylic acids is 1. The first-order valence-corrected chi connectivity index (χ1v) is 8.08. The van der Waals surface area contributed by atoms with Crippen LogP contribution in [0.3, 0.4) is 0 Å². The zero-order chi connectivity index (χ0) is 19.6. The number of hydrogen-bond acceptors (Lipinski definition) is 5. The molecule has 0 spiro atoms. The lowest BCUT2D eigenvalue weighted by Crippen LogP contribution is -2.28. The number of nitro groups is 1. The van der Waals surface area contributed by atoms with Crippen molar-refractivity contribution in [1.82, 2.24) is 0 Å². The lowest BCUT2D eigenvalue weighted by Gasteiger charge is -2.11. The summed E-state index contributed by atoms with van der Waals surface area (Å²) in [6, 6.07) is 13.0. The van der Waals surface area contributed by atoms with Crippen molar-refractivity contribution in [2.24, 2.45) is 5.41 Å². The zero-order valence-electron chi connectivity index (χ0n) is 14.3. The molecule has 0 amide bonds. The minimum Gasteiger partial charge on any atom is -0.480 e. The minimum atomic E-state index is -1.61. The van der Waals surface area contributed by atoms with Gasteiger partial charge in [0.2, 0.25) is 0 Å². The molecule has 1 aliphatic carbocycles. The Morgan fingerprint density at radius 1 is 1.15 bits per heavy atom. The first-order chi connectivity index (χ1) is 12.9. The van der Waals surface area contributed by atoms with Gasteiger partial charge in [0.1, 0.15) is 5.56 Å². The van der Waals surface area contributed by atoms with Crippen LogP contribution in [-0.2, 0) is 14.3 Å². The summed E-state index contributed by atoms with van der Waals surface area (Å²) in [5.41, 5.74) is -0.330. The third-order valence-electron chi connectivity index (χ3n) is 4.66. The number of carbonyl (C=O) groups is 2. The second kappa shape index (κ2) is 6.92. The molecule has 2 atom stereocenters. The predicted octanol–water partition coefficient (Wildman–Crippen LogP) is 2.73. The fraction of sp³-hybridized carbons (Fsp3) is 0.200. The van der Waals surface area contributed by atoms with Crippen LogP contribution in [0.25, 0.3) is 0 Å². The van der Waals surface area contributed by atoms with Gasteiger partial charge in [-0.1, -0.05) is 42.2 Å². The van der Waals surface area contributed by atoms with E-state index in [-0.39, 0.29) is 17.7 Å². The number of methoxy groups -OCH3 is 1. The second-order valence-electron chi connectivity index (χ2n) is 6.14. The molecule has 136 valence electrons. The lowest BCUT2D eigenvalue weighted by molar-refractivity contribution is -0.385. The molecule has 2 aromatic rings. The summed E-state index contributed by atoms with van der Waals surface area (Å²) in [5.74, 6) is 3.08. The Labute approximate surface area is 154 Å². The Kier molecular flexibility index (Phi) is 4.65. The smallest absolute Gasteiger partial charge is 0.323 e. The molecule has 0 aromatic heterocycles. The Morgan fingerprint density at radius 3 is 2.37 bits per heavy atom. The van der Waals surface area contributed by atoms with Crippen molar-refractivity contribution in [1.29, 1.82) is 0 Å². The number of carbonyl (C=O) groups excluding carboxylic acids is 1. The van der Waals surface area contributed by atoms with E-state index < -0.39 is 28.2 Å². The molecule has 0 aliphatic heterocycles. The standard InChI is InChI=1S/C20H15NO6/c1-27-19(24)20(18(22)23)12-16(20)15-8-4-2-6-13(15)10-11-14-7-3-5-9-17(14)21(25)26/h2-9,16H,12H2,1H3,(H,22,23)/t16-,20-/m0/s1. The highest BCUT2D eigenvalue weighted by Crippen LogP contribution is 2.60. The maximum atomic E-state index is 12.0. The number of aliphatic carboxylic acids is 1. The van der Waals surface area contributed by atoms with Crippen molar-refractivity contribution >= 4 is 17.6 Å². The average Bonchev–Trinajstić information content (AvgIpc) is 3.43. The van der Waals surface area contributed by atoms with Crippen LogP contribution in [0.5, 0.6) is 0 Å². The summed E-state index contributed by atoms with van der Waals surface area (Å²) in [7, 11) is 1.16. The van der Waals surface area contributed by atoms with Crippen molar-refractivity contribution in [3.8, 4) is 11.8 Å². The zero-order valence-corrected chi connectivity index (χ0v) is 14.3. The monoisotopic (exact) mass is 365 g/mol. The molecule has 27 heavy (non-hydrogen) atoms. The molecule has 3 rings (SSSR count). The SMILES string of the molecule is COC(=O)[C@@]1(C(=O)O)C[C@H]1c1ccccc1C#Cc1ccccc1[N+](=O)[O-]. The summed E-state index contributed by atoms with van der Waals surface area (Å²) in [4.78, 5) is 34.3. The maximum Gasteiger partial charge on any atom is 0.323 e. The summed E-state index contributed by atoms with van der Waals surface area (Å²) in [6.45, 7) is 0. The van der Waals surface area contributed by atoms with E-state index in [0.29, 0.717) is 11.1 Å². The highest BCUT2D eigenvalue weighted by molar-refractivity contribution is 6.04.